The second kappa shape index (κ2) is 8.75. The van der Waals surface area contributed by atoms with Crippen LogP contribution in [0.3, 0.4) is 0 Å². The van der Waals surface area contributed by atoms with Gasteiger partial charge in [0.05, 0.1) is 18.1 Å². The van der Waals surface area contributed by atoms with Gasteiger partial charge >= 0.3 is 0 Å². The molecule has 1 aromatic carbocycles. The predicted octanol–water partition coefficient (Wildman–Crippen LogP) is 2.01. The zero-order valence-electron chi connectivity index (χ0n) is 16.9. The van der Waals surface area contributed by atoms with E-state index in [4.69, 9.17) is 0 Å². The van der Waals surface area contributed by atoms with Crippen molar-refractivity contribution in [3.8, 4) is 0 Å². The van der Waals surface area contributed by atoms with Gasteiger partial charge in [0.15, 0.2) is 5.17 Å². The molecular formula is C22H26N4O3S. The molecule has 30 heavy (non-hydrogen) atoms. The van der Waals surface area contributed by atoms with E-state index in [-0.39, 0.29) is 17.6 Å². The number of nitrogens with zero attached hydrogens (tertiary/aromatic N) is 2. The van der Waals surface area contributed by atoms with Gasteiger partial charge in [-0.3, -0.25) is 14.8 Å². The first-order valence-electron chi connectivity index (χ1n) is 10.0. The Labute approximate surface area is 180 Å². The highest BCUT2D eigenvalue weighted by atomic mass is 32.2. The van der Waals surface area contributed by atoms with Crippen LogP contribution < -0.4 is 10.6 Å². The molecule has 1 aliphatic carbocycles. The number of fused-ring (bicyclic) bond motifs is 1. The Balaban J connectivity index is 1.47. The topological polar surface area (TPSA) is 107 Å². The molecule has 0 spiro atoms. The molecule has 1 saturated carbocycles. The normalized spacial score (nSPS) is 27.9. The summed E-state index contributed by atoms with van der Waals surface area (Å²) in [6, 6.07) is 9.35. The number of hydrogen-bond acceptors (Lipinski definition) is 7. The first-order chi connectivity index (χ1) is 14.4. The minimum Gasteiger partial charge on any atom is -0.390 e. The molecular weight excluding hydrogens is 400 g/mol. The Bertz CT molecular complexity index is 932. The minimum absolute atomic E-state index is 0.143. The Morgan fingerprint density at radius 2 is 2.00 bits per heavy atom. The molecule has 2 aromatic rings. The molecule has 0 radical (unpaired) electrons. The van der Waals surface area contributed by atoms with Crippen LogP contribution in [0.15, 0.2) is 47.7 Å². The maximum Gasteiger partial charge on any atom is 0.224 e. The number of hydrogen-bond donors (Lipinski definition) is 4. The molecule has 5 atom stereocenters. The molecule has 2 heterocycles. The Morgan fingerprint density at radius 3 is 2.70 bits per heavy atom. The molecule has 7 nitrogen and oxygen atoms in total. The molecule has 1 fully saturated rings. The summed E-state index contributed by atoms with van der Waals surface area (Å²) in [4.78, 5) is 21.6. The average molecular weight is 427 g/mol. The molecule has 4 rings (SSSR count). The van der Waals surface area contributed by atoms with E-state index in [1.165, 1.54) is 11.8 Å². The van der Waals surface area contributed by atoms with Crippen LogP contribution in [0.1, 0.15) is 23.1 Å². The number of aliphatic hydroxyl groups excluding tert-OH is 2. The molecule has 158 valence electrons. The van der Waals surface area contributed by atoms with Gasteiger partial charge < -0.3 is 20.8 Å². The standard InChI is InChI=1S/C22H26N4O3S/c1-12-6-13(2)8-15(7-12)25-22-26-18-19(28)17(27)9-16(20(18)30-22)21(29)24-11-14-4-3-5-23-10-14/h3-8,10,16-20,27-28H,9,11H2,1-2H3,(H,24,29)(H,25,26)/t16-,17+,18+,19-,20+/m0/s1. The summed E-state index contributed by atoms with van der Waals surface area (Å²) in [6.45, 7) is 4.44. The van der Waals surface area contributed by atoms with Crippen molar-refractivity contribution in [3.63, 3.8) is 0 Å². The van der Waals surface area contributed by atoms with E-state index >= 15 is 0 Å². The van der Waals surface area contributed by atoms with E-state index in [2.05, 4.69) is 26.7 Å². The van der Waals surface area contributed by atoms with Gasteiger partial charge in [0.25, 0.3) is 0 Å². The Morgan fingerprint density at radius 1 is 1.23 bits per heavy atom. The van der Waals surface area contributed by atoms with Crippen LogP contribution in [0, 0.1) is 19.8 Å². The number of carbonyl (C=O) groups excluding carboxylic acids is 1. The lowest BCUT2D eigenvalue weighted by molar-refractivity contribution is -0.129. The zero-order chi connectivity index (χ0) is 21.3. The number of amides is 1. The zero-order valence-corrected chi connectivity index (χ0v) is 17.8. The molecule has 0 unspecified atom stereocenters. The van der Waals surface area contributed by atoms with Crippen molar-refractivity contribution in [2.45, 2.75) is 50.3 Å². The molecule has 8 heteroatoms. The van der Waals surface area contributed by atoms with E-state index in [9.17, 15) is 15.0 Å². The van der Waals surface area contributed by atoms with Crippen molar-refractivity contribution in [2.24, 2.45) is 10.9 Å². The van der Waals surface area contributed by atoms with Crippen LogP contribution in [0.4, 0.5) is 5.69 Å². The van der Waals surface area contributed by atoms with Crippen LogP contribution in [-0.2, 0) is 11.3 Å². The summed E-state index contributed by atoms with van der Waals surface area (Å²) in [5, 5.41) is 27.5. The highest BCUT2D eigenvalue weighted by Crippen LogP contribution is 2.41. The Hall–Kier alpha value is -2.42. The number of rotatable bonds is 4. The minimum atomic E-state index is -0.983. The van der Waals surface area contributed by atoms with Gasteiger partial charge in [0, 0.05) is 29.9 Å². The van der Waals surface area contributed by atoms with Crippen LogP contribution in [-0.4, -0.2) is 49.8 Å². The van der Waals surface area contributed by atoms with Gasteiger partial charge in [0.1, 0.15) is 6.10 Å². The monoisotopic (exact) mass is 426 g/mol. The lowest BCUT2D eigenvalue weighted by Gasteiger charge is -2.37. The third-order valence-electron chi connectivity index (χ3n) is 5.49. The Kier molecular flexibility index (Phi) is 6.08. The fourth-order valence-electron chi connectivity index (χ4n) is 4.10. The van der Waals surface area contributed by atoms with E-state index in [1.54, 1.807) is 12.4 Å². The van der Waals surface area contributed by atoms with Crippen molar-refractivity contribution in [3.05, 3.63) is 59.4 Å². The second-order valence-corrected chi connectivity index (χ2v) is 9.15. The van der Waals surface area contributed by atoms with Crippen molar-refractivity contribution in [2.75, 3.05) is 5.32 Å². The summed E-state index contributed by atoms with van der Waals surface area (Å²) in [7, 11) is 0. The van der Waals surface area contributed by atoms with Gasteiger partial charge in [-0.05, 0) is 55.2 Å². The summed E-state index contributed by atoms with van der Waals surface area (Å²) in [6.07, 6.45) is 1.64. The van der Waals surface area contributed by atoms with Crippen LogP contribution in [0.25, 0.3) is 0 Å². The highest BCUT2D eigenvalue weighted by Gasteiger charge is 2.50. The number of aromatic nitrogens is 1. The first-order valence-corrected chi connectivity index (χ1v) is 10.9. The summed E-state index contributed by atoms with van der Waals surface area (Å²) >= 11 is 1.46. The number of amidine groups is 1. The van der Waals surface area contributed by atoms with E-state index in [1.807, 2.05) is 38.1 Å². The second-order valence-electron chi connectivity index (χ2n) is 7.99. The number of pyridine rings is 1. The largest absolute Gasteiger partial charge is 0.390 e. The third-order valence-corrected chi connectivity index (χ3v) is 6.80. The number of thioether (sulfide) groups is 1. The van der Waals surface area contributed by atoms with Crippen molar-refractivity contribution in [1.82, 2.24) is 10.3 Å². The number of carbonyl (C=O) groups is 1. The van der Waals surface area contributed by atoms with Crippen molar-refractivity contribution in [1.29, 1.82) is 0 Å². The summed E-state index contributed by atoms with van der Waals surface area (Å²) < 4.78 is 0. The van der Waals surface area contributed by atoms with E-state index in [0.29, 0.717) is 11.7 Å². The summed E-state index contributed by atoms with van der Waals surface area (Å²) in [5.74, 6) is -0.590. The number of aryl methyl sites for hydroxylation is 2. The molecule has 4 N–H and O–H groups in total. The molecule has 2 aliphatic rings. The maximum atomic E-state index is 12.9. The van der Waals surface area contributed by atoms with Gasteiger partial charge in [-0.1, -0.05) is 23.9 Å². The maximum absolute atomic E-state index is 12.9. The van der Waals surface area contributed by atoms with Gasteiger partial charge in [-0.2, -0.15) is 0 Å². The lowest BCUT2D eigenvalue weighted by atomic mass is 9.81. The first kappa shape index (κ1) is 20.8. The van der Waals surface area contributed by atoms with Gasteiger partial charge in [0.2, 0.25) is 5.91 Å². The van der Waals surface area contributed by atoms with Crippen LogP contribution >= 0.6 is 11.8 Å². The molecule has 0 saturated heterocycles. The number of anilines is 1. The SMILES string of the molecule is Cc1cc(C)cc(NC2=N[C@@H]3[C@@H](O)[C@H](O)C[C@H](C(=O)NCc4cccnc4)[C@H]3S2)c1. The van der Waals surface area contributed by atoms with Gasteiger partial charge in [-0.15, -0.1) is 0 Å². The highest BCUT2D eigenvalue weighted by molar-refractivity contribution is 8.15. The fourth-order valence-corrected chi connectivity index (χ4v) is 5.48. The van der Waals surface area contributed by atoms with Crippen LogP contribution in [0.2, 0.25) is 0 Å². The number of nitrogens with one attached hydrogen (secondary N) is 2. The quantitative estimate of drug-likeness (QED) is 0.596. The van der Waals surface area contributed by atoms with Crippen molar-refractivity contribution < 1.29 is 15.0 Å². The van der Waals surface area contributed by atoms with E-state index in [0.717, 1.165) is 22.4 Å². The summed E-state index contributed by atoms with van der Waals surface area (Å²) in [5.41, 5.74) is 4.11. The third kappa shape index (κ3) is 4.50. The fraction of sp³-hybridized carbons (Fsp3) is 0.409. The lowest BCUT2D eigenvalue weighted by Crippen LogP contribution is -2.53. The van der Waals surface area contributed by atoms with Crippen molar-refractivity contribution >= 4 is 28.5 Å². The molecule has 0 bridgehead atoms. The smallest absolute Gasteiger partial charge is 0.224 e. The number of benzene rings is 1. The van der Waals surface area contributed by atoms with Gasteiger partial charge in [-0.25, -0.2) is 0 Å². The molecule has 1 aliphatic heterocycles. The number of aliphatic imine (C=N–C) groups is 1. The van der Waals surface area contributed by atoms with Crippen LogP contribution in [0.5, 0.6) is 0 Å². The average Bonchev–Trinajstić information content (AvgIpc) is 3.12. The number of aliphatic hydroxyl groups is 2. The molecule has 1 aromatic heterocycles. The predicted molar refractivity (Wildman–Crippen MR) is 118 cm³/mol. The van der Waals surface area contributed by atoms with E-state index < -0.39 is 24.2 Å². The molecule has 1 amide bonds.